The van der Waals surface area contributed by atoms with E-state index in [-0.39, 0.29) is 19.2 Å². The average Bonchev–Trinajstić information content (AvgIpc) is 3.76. The number of ether oxygens (including phenoxy) is 4. The van der Waals surface area contributed by atoms with Gasteiger partial charge in [-0.25, -0.2) is 0 Å². The fraction of sp³-hybridized carbons (Fsp3) is 0.189. The number of carbonyl (C=O) groups excluding carboxylic acids is 1. The van der Waals surface area contributed by atoms with Gasteiger partial charge in [0, 0.05) is 27.7 Å². The zero-order valence-electron chi connectivity index (χ0n) is 24.4. The first-order valence-corrected chi connectivity index (χ1v) is 16.4. The first kappa shape index (κ1) is 29.6. The van der Waals surface area contributed by atoms with Gasteiger partial charge in [-0.3, -0.25) is 9.78 Å². The molecule has 6 nitrogen and oxygen atoms in total. The second-order valence-corrected chi connectivity index (χ2v) is 13.7. The van der Waals surface area contributed by atoms with E-state index in [9.17, 15) is 4.79 Å². The molecule has 226 valence electrons. The number of hydrogen-bond acceptors (Lipinski definition) is 8. The van der Waals surface area contributed by atoms with E-state index in [0.717, 1.165) is 20.9 Å². The quantitative estimate of drug-likeness (QED) is 0.0819. The van der Waals surface area contributed by atoms with Crippen molar-refractivity contribution in [3.63, 3.8) is 0 Å². The molecule has 45 heavy (non-hydrogen) atoms. The molecule has 2 aliphatic rings. The molecule has 0 bridgehead atoms. The minimum Gasteiger partial charge on any atom is -0.454 e. The third kappa shape index (κ3) is 6.37. The van der Waals surface area contributed by atoms with E-state index in [1.807, 2.05) is 97.3 Å². The fourth-order valence-electron chi connectivity index (χ4n) is 5.83. The minimum atomic E-state index is -0.750. The highest BCUT2D eigenvalue weighted by Gasteiger charge is 2.56. The van der Waals surface area contributed by atoms with E-state index < -0.39 is 22.2 Å². The van der Waals surface area contributed by atoms with Crippen molar-refractivity contribution in [3.05, 3.63) is 150 Å². The third-order valence-corrected chi connectivity index (χ3v) is 11.1. The Bertz CT molecular complexity index is 1680. The Hall–Kier alpha value is -4.08. The van der Waals surface area contributed by atoms with E-state index in [0.29, 0.717) is 23.7 Å². The highest BCUT2D eigenvalue weighted by Crippen LogP contribution is 2.62. The van der Waals surface area contributed by atoms with E-state index in [4.69, 9.17) is 18.9 Å². The summed E-state index contributed by atoms with van der Waals surface area (Å²) in [6.45, 7) is 0.713. The second kappa shape index (κ2) is 13.5. The lowest BCUT2D eigenvalue weighted by molar-refractivity contribution is -0.140. The maximum atomic E-state index is 14.6. The summed E-state index contributed by atoms with van der Waals surface area (Å²) in [5.74, 6) is 0.264. The molecule has 3 unspecified atom stereocenters. The van der Waals surface area contributed by atoms with E-state index in [1.54, 1.807) is 35.7 Å². The molecule has 3 heterocycles. The van der Waals surface area contributed by atoms with Crippen LogP contribution in [-0.2, 0) is 20.2 Å². The molecule has 2 aliphatic heterocycles. The van der Waals surface area contributed by atoms with Gasteiger partial charge in [0.1, 0.15) is 4.08 Å². The summed E-state index contributed by atoms with van der Waals surface area (Å²) in [5.41, 5.74) is 2.61. The molecule has 0 N–H and O–H groups in total. The predicted molar refractivity (Wildman–Crippen MR) is 175 cm³/mol. The molecule has 0 amide bonds. The maximum Gasteiger partial charge on any atom is 0.231 e. The Morgan fingerprint density at radius 3 is 2.07 bits per heavy atom. The van der Waals surface area contributed by atoms with Gasteiger partial charge in [-0.05, 0) is 65.7 Å². The van der Waals surface area contributed by atoms with Crippen molar-refractivity contribution in [2.75, 3.05) is 13.4 Å². The smallest absolute Gasteiger partial charge is 0.231 e. The van der Waals surface area contributed by atoms with Crippen molar-refractivity contribution in [2.24, 2.45) is 11.8 Å². The Morgan fingerprint density at radius 1 is 0.778 bits per heavy atom. The number of aromatic nitrogens is 1. The number of thioether (sulfide) groups is 2. The summed E-state index contributed by atoms with van der Waals surface area (Å²) in [5, 5.41) is 0. The largest absolute Gasteiger partial charge is 0.454 e. The van der Waals surface area contributed by atoms with Gasteiger partial charge in [0.2, 0.25) is 6.79 Å². The number of pyridine rings is 1. The van der Waals surface area contributed by atoms with E-state index in [1.165, 1.54) is 0 Å². The molecule has 1 aromatic heterocycles. The predicted octanol–water partition coefficient (Wildman–Crippen LogP) is 8.24. The van der Waals surface area contributed by atoms with Crippen LogP contribution in [0.1, 0.15) is 21.5 Å². The summed E-state index contributed by atoms with van der Waals surface area (Å²) in [7, 11) is 0. The molecule has 8 heteroatoms. The van der Waals surface area contributed by atoms with Crippen LogP contribution >= 0.6 is 23.5 Å². The van der Waals surface area contributed by atoms with E-state index in [2.05, 4.69) is 29.2 Å². The van der Waals surface area contributed by atoms with Crippen LogP contribution in [-0.4, -0.2) is 30.5 Å². The monoisotopic (exact) mass is 633 g/mol. The summed E-state index contributed by atoms with van der Waals surface area (Å²) in [4.78, 5) is 21.1. The zero-order chi connectivity index (χ0) is 30.5. The molecule has 1 saturated heterocycles. The van der Waals surface area contributed by atoms with Crippen LogP contribution in [0.3, 0.4) is 0 Å². The number of nitrogens with zero attached hydrogens (tertiary/aromatic N) is 1. The van der Waals surface area contributed by atoms with Gasteiger partial charge < -0.3 is 18.9 Å². The van der Waals surface area contributed by atoms with Gasteiger partial charge in [-0.1, -0.05) is 66.7 Å². The molecule has 4 aromatic carbocycles. The second-order valence-electron chi connectivity index (χ2n) is 10.8. The Kier molecular flexibility index (Phi) is 8.89. The van der Waals surface area contributed by atoms with Gasteiger partial charge in [-0.15, -0.1) is 23.5 Å². The van der Waals surface area contributed by atoms with Gasteiger partial charge in [0.15, 0.2) is 23.6 Å². The number of fused-ring (bicyclic) bond motifs is 1. The zero-order valence-corrected chi connectivity index (χ0v) is 26.0. The molecular formula is C37H31NO5S2. The van der Waals surface area contributed by atoms with Crippen LogP contribution in [0.15, 0.2) is 144 Å². The highest BCUT2D eigenvalue weighted by molar-refractivity contribution is 8.17. The minimum absolute atomic E-state index is 0.0233. The van der Waals surface area contributed by atoms with Crippen molar-refractivity contribution >= 4 is 29.3 Å². The molecule has 0 saturated carbocycles. The van der Waals surface area contributed by atoms with Crippen LogP contribution in [0.5, 0.6) is 11.5 Å². The summed E-state index contributed by atoms with van der Waals surface area (Å²) in [6, 6.07) is 40.1. The van der Waals surface area contributed by atoms with Crippen LogP contribution in [0, 0.1) is 11.8 Å². The van der Waals surface area contributed by atoms with Crippen molar-refractivity contribution in [3.8, 4) is 11.5 Å². The molecule has 5 aromatic rings. The average molecular weight is 634 g/mol. The Balaban J connectivity index is 1.37. The topological polar surface area (TPSA) is 66.9 Å². The molecule has 7 rings (SSSR count). The molecule has 0 spiro atoms. The van der Waals surface area contributed by atoms with Gasteiger partial charge in [0.25, 0.3) is 0 Å². The lowest BCUT2D eigenvalue weighted by Crippen LogP contribution is -2.42. The number of benzene rings is 4. The van der Waals surface area contributed by atoms with Crippen molar-refractivity contribution in [1.29, 1.82) is 0 Å². The molecule has 0 radical (unpaired) electrons. The number of ketones is 1. The number of rotatable bonds is 11. The van der Waals surface area contributed by atoms with Crippen LogP contribution < -0.4 is 9.47 Å². The lowest BCUT2D eigenvalue weighted by Gasteiger charge is -2.42. The Labute approximate surface area is 271 Å². The normalized spacial score (nSPS) is 19.0. The first-order valence-electron chi connectivity index (χ1n) is 14.8. The van der Waals surface area contributed by atoms with Gasteiger partial charge in [0.05, 0.1) is 25.0 Å². The first-order chi connectivity index (χ1) is 22.2. The number of carbonyl (C=O) groups is 1. The molecule has 0 aliphatic carbocycles. The summed E-state index contributed by atoms with van der Waals surface area (Å²) >= 11 is 3.44. The van der Waals surface area contributed by atoms with Gasteiger partial charge >= 0.3 is 0 Å². The van der Waals surface area contributed by atoms with Crippen molar-refractivity contribution in [1.82, 2.24) is 4.98 Å². The Morgan fingerprint density at radius 2 is 1.40 bits per heavy atom. The lowest BCUT2D eigenvalue weighted by atomic mass is 9.82. The van der Waals surface area contributed by atoms with Crippen molar-refractivity contribution < 1.29 is 23.7 Å². The fourth-order valence-corrected chi connectivity index (χ4v) is 9.19. The number of hydrogen-bond donors (Lipinski definition) is 0. The number of Topliss-reactive ketones (excluding diaryl/α,β-unsaturated/α-hetero) is 1. The van der Waals surface area contributed by atoms with E-state index >= 15 is 0 Å². The standard InChI is InChI=1S/C37H31NO5S2/c39-35(27-16-17-32-33(22-27)43-25-42-32)31-24-41-36(40-23-26-10-4-1-5-11-26)34(31)37(28-18-20-38-21-19-28,44-29-12-6-2-7-13-29)45-30-14-8-3-9-15-30/h1-22,31,34,36H,23-25H2. The summed E-state index contributed by atoms with van der Waals surface area (Å²) < 4.78 is 23.5. The maximum absolute atomic E-state index is 14.6. The van der Waals surface area contributed by atoms with Crippen LogP contribution in [0.25, 0.3) is 0 Å². The van der Waals surface area contributed by atoms with Crippen molar-refractivity contribution in [2.45, 2.75) is 26.8 Å². The molecule has 3 atom stereocenters. The van der Waals surface area contributed by atoms with Crippen LogP contribution in [0.4, 0.5) is 0 Å². The third-order valence-electron chi connectivity index (χ3n) is 7.96. The van der Waals surface area contributed by atoms with Gasteiger partial charge in [-0.2, -0.15) is 0 Å². The molecule has 1 fully saturated rings. The highest BCUT2D eigenvalue weighted by atomic mass is 32.2. The van der Waals surface area contributed by atoms with Crippen LogP contribution in [0.2, 0.25) is 0 Å². The summed E-state index contributed by atoms with van der Waals surface area (Å²) in [6.07, 6.45) is 2.95. The molecular weight excluding hydrogens is 603 g/mol. The SMILES string of the molecule is O=C(c1ccc2c(c1)OCO2)C1COC(OCc2ccccc2)C1C(Sc1ccccc1)(Sc1ccccc1)c1ccncc1.